The molecule has 4 aromatic carbocycles. The van der Waals surface area contributed by atoms with Crippen molar-refractivity contribution in [2.24, 2.45) is 0 Å². The normalized spacial score (nSPS) is 18.1. The summed E-state index contributed by atoms with van der Waals surface area (Å²) in [5, 5.41) is 2.33. The molecule has 5 rings (SSSR count). The third kappa shape index (κ3) is 2.71. The molecule has 1 saturated heterocycles. The number of hydrogen-bond acceptors (Lipinski definition) is 3. The Balaban J connectivity index is 1.62. The molecule has 0 bridgehead atoms. The molecule has 2 nitrogen and oxygen atoms in total. The van der Waals surface area contributed by atoms with Crippen LogP contribution < -0.4 is 0 Å². The van der Waals surface area contributed by atoms with E-state index in [9.17, 15) is 4.79 Å². The Morgan fingerprint density at radius 3 is 1.89 bits per heavy atom. The van der Waals surface area contributed by atoms with Crippen LogP contribution in [0.1, 0.15) is 22.1 Å². The third-order valence-corrected chi connectivity index (χ3v) is 6.77. The molecule has 0 aliphatic carbocycles. The summed E-state index contributed by atoms with van der Waals surface area (Å²) in [4.78, 5) is 13.3. The van der Waals surface area contributed by atoms with E-state index in [1.165, 1.54) is 5.39 Å². The van der Waals surface area contributed by atoms with E-state index in [-0.39, 0.29) is 11.4 Å². The molecule has 1 fully saturated rings. The molecule has 0 N–H and O–H groups in total. The van der Waals surface area contributed by atoms with Crippen molar-refractivity contribution in [1.29, 1.82) is 0 Å². The van der Waals surface area contributed by atoms with Crippen LogP contribution >= 0.6 is 11.8 Å². The van der Waals surface area contributed by atoms with Crippen molar-refractivity contribution in [2.75, 3.05) is 0 Å². The Labute approximate surface area is 168 Å². The highest BCUT2D eigenvalue weighted by molar-refractivity contribution is 8.01. The standard InChI is InChI=1S/C25H18O2S/c26-24-25(21-11-3-1-4-12-21,22-13-5-2-6-14-22)28-23(27-24)20-16-15-18-9-7-8-10-19(18)17-20/h1-17,23H/t23-/m1/s1. The fraction of sp³-hybridized carbons (Fsp3) is 0.0800. The molecular formula is C25H18O2S. The van der Waals surface area contributed by atoms with E-state index < -0.39 is 4.75 Å². The zero-order chi connectivity index (χ0) is 19.0. The molecule has 1 heterocycles. The molecule has 0 amide bonds. The van der Waals surface area contributed by atoms with Crippen molar-refractivity contribution in [3.05, 3.63) is 120 Å². The van der Waals surface area contributed by atoms with E-state index in [2.05, 4.69) is 30.3 Å². The predicted molar refractivity (Wildman–Crippen MR) is 114 cm³/mol. The van der Waals surface area contributed by atoms with Gasteiger partial charge in [0.2, 0.25) is 0 Å². The molecule has 4 aromatic rings. The van der Waals surface area contributed by atoms with Gasteiger partial charge in [0.05, 0.1) is 0 Å². The van der Waals surface area contributed by atoms with Gasteiger partial charge in [-0.15, -0.1) is 0 Å². The van der Waals surface area contributed by atoms with Crippen LogP contribution in [0.3, 0.4) is 0 Å². The molecule has 1 aliphatic rings. The molecule has 0 spiro atoms. The number of thioether (sulfide) groups is 1. The highest BCUT2D eigenvalue weighted by Crippen LogP contribution is 2.56. The van der Waals surface area contributed by atoms with Crippen LogP contribution in [0.5, 0.6) is 0 Å². The molecule has 3 heteroatoms. The minimum Gasteiger partial charge on any atom is -0.445 e. The second-order valence-corrected chi connectivity index (χ2v) is 8.15. The van der Waals surface area contributed by atoms with Crippen LogP contribution in [-0.4, -0.2) is 5.97 Å². The van der Waals surface area contributed by atoms with Gasteiger partial charge in [-0.2, -0.15) is 0 Å². The average Bonchev–Trinajstić information content (AvgIpc) is 3.13. The number of carbonyl (C=O) groups excluding carboxylic acids is 1. The van der Waals surface area contributed by atoms with Gasteiger partial charge in [-0.25, -0.2) is 4.79 Å². The van der Waals surface area contributed by atoms with Crippen LogP contribution in [0.2, 0.25) is 0 Å². The molecule has 0 saturated carbocycles. The van der Waals surface area contributed by atoms with Gasteiger partial charge in [0.25, 0.3) is 0 Å². The van der Waals surface area contributed by atoms with Crippen molar-refractivity contribution >= 4 is 28.5 Å². The minimum atomic E-state index is -0.862. The molecular weight excluding hydrogens is 364 g/mol. The molecule has 28 heavy (non-hydrogen) atoms. The van der Waals surface area contributed by atoms with Gasteiger partial charge in [0, 0.05) is 5.56 Å². The summed E-state index contributed by atoms with van der Waals surface area (Å²) in [6.07, 6.45) is 0. The van der Waals surface area contributed by atoms with Gasteiger partial charge in [-0.1, -0.05) is 109 Å². The number of benzene rings is 4. The molecule has 0 aromatic heterocycles. The van der Waals surface area contributed by atoms with Crippen LogP contribution in [0.15, 0.2) is 103 Å². The van der Waals surface area contributed by atoms with E-state index in [0.29, 0.717) is 0 Å². The number of ether oxygens (including phenoxy) is 1. The molecule has 1 aliphatic heterocycles. The van der Waals surface area contributed by atoms with Gasteiger partial charge in [0.1, 0.15) is 0 Å². The first kappa shape index (κ1) is 17.1. The van der Waals surface area contributed by atoms with Gasteiger partial charge in [0.15, 0.2) is 10.2 Å². The summed E-state index contributed by atoms with van der Waals surface area (Å²) in [6, 6.07) is 34.3. The number of esters is 1. The van der Waals surface area contributed by atoms with Gasteiger partial charge >= 0.3 is 5.97 Å². The van der Waals surface area contributed by atoms with Crippen molar-refractivity contribution < 1.29 is 9.53 Å². The Hall–Kier alpha value is -3.04. The average molecular weight is 382 g/mol. The summed E-state index contributed by atoms with van der Waals surface area (Å²) in [5.41, 5.74) is 2.54. The lowest BCUT2D eigenvalue weighted by molar-refractivity contribution is -0.144. The van der Waals surface area contributed by atoms with E-state index in [1.54, 1.807) is 11.8 Å². The fourth-order valence-corrected chi connectivity index (χ4v) is 5.22. The van der Waals surface area contributed by atoms with Crippen LogP contribution in [0.25, 0.3) is 10.8 Å². The number of rotatable bonds is 3. The Morgan fingerprint density at radius 2 is 1.25 bits per heavy atom. The summed E-state index contributed by atoms with van der Waals surface area (Å²) >= 11 is 1.56. The van der Waals surface area contributed by atoms with Crippen LogP contribution in [0, 0.1) is 0 Å². The smallest absolute Gasteiger partial charge is 0.333 e. The predicted octanol–water partition coefficient (Wildman–Crippen LogP) is 6.07. The molecule has 0 radical (unpaired) electrons. The number of hydrogen-bond donors (Lipinski definition) is 0. The SMILES string of the molecule is O=C1O[C@@H](c2ccc3ccccc3c2)SC1(c1ccccc1)c1ccccc1. The van der Waals surface area contributed by atoms with E-state index in [1.807, 2.05) is 72.8 Å². The van der Waals surface area contributed by atoms with E-state index >= 15 is 0 Å². The lowest BCUT2D eigenvalue weighted by Crippen LogP contribution is -2.30. The summed E-state index contributed by atoms with van der Waals surface area (Å²) in [7, 11) is 0. The monoisotopic (exact) mass is 382 g/mol. The maximum atomic E-state index is 13.3. The van der Waals surface area contributed by atoms with E-state index in [0.717, 1.165) is 22.1 Å². The molecule has 136 valence electrons. The highest BCUT2D eigenvalue weighted by Gasteiger charge is 2.53. The first-order chi connectivity index (χ1) is 13.8. The summed E-state index contributed by atoms with van der Waals surface area (Å²) < 4.78 is 5.08. The van der Waals surface area contributed by atoms with Crippen molar-refractivity contribution in [3.63, 3.8) is 0 Å². The molecule has 0 unspecified atom stereocenters. The second-order valence-electron chi connectivity index (χ2n) is 6.87. The fourth-order valence-electron chi connectivity index (χ4n) is 3.79. The quantitative estimate of drug-likeness (QED) is 0.402. The van der Waals surface area contributed by atoms with Crippen molar-refractivity contribution in [2.45, 2.75) is 10.2 Å². The minimum absolute atomic E-state index is 0.215. The first-order valence-corrected chi connectivity index (χ1v) is 10.1. The topological polar surface area (TPSA) is 26.3 Å². The lowest BCUT2D eigenvalue weighted by atomic mass is 9.90. The largest absolute Gasteiger partial charge is 0.445 e. The summed E-state index contributed by atoms with van der Waals surface area (Å²) in [6.45, 7) is 0. The third-order valence-electron chi connectivity index (χ3n) is 5.19. The van der Waals surface area contributed by atoms with Crippen LogP contribution in [-0.2, 0) is 14.3 Å². The van der Waals surface area contributed by atoms with E-state index in [4.69, 9.17) is 4.74 Å². The lowest BCUT2D eigenvalue weighted by Gasteiger charge is -2.25. The Morgan fingerprint density at radius 1 is 0.679 bits per heavy atom. The summed E-state index contributed by atoms with van der Waals surface area (Å²) in [5.74, 6) is -0.215. The van der Waals surface area contributed by atoms with Gasteiger partial charge < -0.3 is 4.74 Å². The molecule has 1 atom stereocenters. The second kappa shape index (κ2) is 6.84. The zero-order valence-corrected chi connectivity index (χ0v) is 15.9. The number of cyclic esters (lactones) is 1. The Bertz CT molecular complexity index is 1100. The zero-order valence-electron chi connectivity index (χ0n) is 15.1. The van der Waals surface area contributed by atoms with Crippen LogP contribution in [0.4, 0.5) is 0 Å². The highest BCUT2D eigenvalue weighted by atomic mass is 32.2. The van der Waals surface area contributed by atoms with Gasteiger partial charge in [-0.3, -0.25) is 0 Å². The van der Waals surface area contributed by atoms with Crippen molar-refractivity contribution in [3.8, 4) is 0 Å². The maximum Gasteiger partial charge on any atom is 0.333 e. The van der Waals surface area contributed by atoms with Crippen molar-refractivity contribution in [1.82, 2.24) is 0 Å². The number of fused-ring (bicyclic) bond motifs is 1. The first-order valence-electron chi connectivity index (χ1n) is 9.26. The van der Waals surface area contributed by atoms with Gasteiger partial charge in [-0.05, 0) is 28.0 Å². The maximum absolute atomic E-state index is 13.3. The number of carbonyl (C=O) groups is 1. The Kier molecular flexibility index (Phi) is 4.18.